The lowest BCUT2D eigenvalue weighted by atomic mass is 9.97. The average molecular weight is 1140 g/mol. The van der Waals surface area contributed by atoms with E-state index in [1.807, 2.05) is 45.5 Å². The number of aliphatic hydroxyl groups is 3. The lowest BCUT2D eigenvalue weighted by Crippen LogP contribution is -2.24. The van der Waals surface area contributed by atoms with E-state index in [-0.39, 0.29) is 43.1 Å². The number of carbonyl (C=O) groups is 2. The first-order valence-corrected chi connectivity index (χ1v) is 27.3. The molecule has 0 spiro atoms. The number of aromatic nitrogens is 12. The van der Waals surface area contributed by atoms with Gasteiger partial charge >= 0.3 is 23.6 Å². The predicted molar refractivity (Wildman–Crippen MR) is 309 cm³/mol. The first kappa shape index (κ1) is 58.7. The Bertz CT molecular complexity index is 4060. The number of amides is 2. The van der Waals surface area contributed by atoms with Crippen LogP contribution in [-0.4, -0.2) is 113 Å². The molecule has 2 amide bonds. The van der Waals surface area contributed by atoms with Crippen LogP contribution in [0.4, 0.5) is 18.4 Å². The lowest BCUT2D eigenvalue weighted by Gasteiger charge is -2.13. The highest BCUT2D eigenvalue weighted by atomic mass is 19.1. The summed E-state index contributed by atoms with van der Waals surface area (Å²) in [6, 6.07) is 15.7. The number of aliphatic hydroxyl groups excluding tert-OH is 3. The van der Waals surface area contributed by atoms with Crippen molar-refractivity contribution < 1.29 is 43.2 Å². The quantitative estimate of drug-likeness (QED) is 0.0614. The number of imidazole rings is 2. The molecular formula is C58H68F2N14O9. The number of rotatable bonds is 12. The number of hydrogen-bond donors (Lipinski definition) is 7. The molecule has 2 aromatic carbocycles. The second kappa shape index (κ2) is 25.1. The molecule has 1 atom stereocenters. The minimum absolute atomic E-state index is 0.0493. The molecule has 10 aromatic rings. The Morgan fingerprint density at radius 1 is 0.663 bits per heavy atom. The van der Waals surface area contributed by atoms with Crippen LogP contribution in [0, 0.1) is 11.9 Å². The van der Waals surface area contributed by atoms with E-state index in [0.29, 0.717) is 45.8 Å². The predicted octanol–water partition coefficient (Wildman–Crippen LogP) is 7.84. The highest BCUT2D eigenvalue weighted by Gasteiger charge is 2.31. The molecule has 9 N–H and O–H groups in total. The Kier molecular flexibility index (Phi) is 17.7. The molecule has 25 heteroatoms. The normalized spacial score (nSPS) is 14.0. The molecule has 2 aliphatic carbocycles. The fourth-order valence-corrected chi connectivity index (χ4v) is 11.5. The molecule has 23 nitrogen and oxygen atoms in total. The van der Waals surface area contributed by atoms with E-state index in [2.05, 4.69) is 51.1 Å². The highest BCUT2D eigenvalue weighted by Crippen LogP contribution is 2.45. The molecule has 438 valence electrons. The number of hydrogen-bond acceptors (Lipinski definition) is 13. The summed E-state index contributed by atoms with van der Waals surface area (Å²) in [4.78, 5) is 61.6. The van der Waals surface area contributed by atoms with Gasteiger partial charge in [0.25, 0.3) is 0 Å². The van der Waals surface area contributed by atoms with Crippen molar-refractivity contribution in [1.29, 1.82) is 0 Å². The smallest absolute Gasteiger partial charge is 0.404 e. The van der Waals surface area contributed by atoms with E-state index in [1.54, 1.807) is 74.2 Å². The SMILES string of the molecule is COC(N)=O.COC(N)=O.Cn1cc(-c2[nH]c3ncc4c(c3c2-c2ccc(C(O)CCO)cc2)n(C2CCCC2)c(=O)n4C)c(F)n1.Cn1cc(-c2[nH]c3ncc4c(c3c2-c2ccc(CCCO)cc2)n(C2CCCC2)c(=O)n4C)c(F)n1. The van der Waals surface area contributed by atoms with Crippen LogP contribution in [0.3, 0.4) is 0 Å². The van der Waals surface area contributed by atoms with Gasteiger partial charge in [-0.1, -0.05) is 74.2 Å². The van der Waals surface area contributed by atoms with Gasteiger partial charge in [0.05, 0.1) is 88.1 Å². The molecule has 8 aromatic heterocycles. The van der Waals surface area contributed by atoms with Crippen molar-refractivity contribution in [3.05, 3.63) is 117 Å². The second-order valence-electron chi connectivity index (χ2n) is 20.7. The minimum Gasteiger partial charge on any atom is -0.453 e. The van der Waals surface area contributed by atoms with Gasteiger partial charge in [-0.2, -0.15) is 8.78 Å². The number of nitrogens with two attached hydrogens (primary N) is 2. The minimum atomic E-state index is -0.785. The standard InChI is InChI=1S/C27H29FN6O3.C27H29FN6O2.2C2H5NO2/c1-32-14-18(25(28)31-32)23-21(16-9-7-15(8-10-16)20(36)11-12-35)22-24-19(13-29-26(22)30-23)33(2)27(37)34(24)17-5-3-4-6-17;1-32-15-19(25(28)31-32)23-21(17-11-9-16(10-12-17)6-5-13-35)22-24-20(14-29-26(22)30-23)33(2)27(36)34(24)18-7-3-4-8-18;2*1-5-2(3)4/h7-10,13-14,17,20,35-36H,3-6,11-12H2,1-2H3,(H,29,30);9-12,14-15,18,35H,3-8,13H2,1-2H3,(H,29,30);2*1H3,(H2,3,4). The first-order chi connectivity index (χ1) is 39.9. The van der Waals surface area contributed by atoms with Gasteiger partial charge in [0.2, 0.25) is 11.9 Å². The zero-order chi connectivity index (χ0) is 59.4. The van der Waals surface area contributed by atoms with Crippen LogP contribution in [0.2, 0.25) is 0 Å². The van der Waals surface area contributed by atoms with Crippen LogP contribution in [0.5, 0.6) is 0 Å². The number of H-pyrrole nitrogens is 2. The Balaban J connectivity index is 0.000000172. The Hall–Kier alpha value is -8.94. The summed E-state index contributed by atoms with van der Waals surface area (Å²) in [7, 11) is 9.35. The largest absolute Gasteiger partial charge is 0.453 e. The maximum absolute atomic E-state index is 15.0. The number of carbonyl (C=O) groups excluding carboxylic acids is 2. The van der Waals surface area contributed by atoms with Gasteiger partial charge in [0, 0.05) is 83.4 Å². The summed E-state index contributed by atoms with van der Waals surface area (Å²) >= 11 is 0. The van der Waals surface area contributed by atoms with Crippen molar-refractivity contribution >= 4 is 56.3 Å². The fraction of sp³-hybridized carbons (Fsp3) is 0.379. The number of methoxy groups -OCH3 is 2. The van der Waals surface area contributed by atoms with Gasteiger partial charge in [0.1, 0.15) is 11.3 Å². The van der Waals surface area contributed by atoms with E-state index in [9.17, 15) is 43.3 Å². The zero-order valence-corrected chi connectivity index (χ0v) is 47.0. The van der Waals surface area contributed by atoms with Crippen LogP contribution >= 0.6 is 0 Å². The topological polar surface area (TPSA) is 312 Å². The molecule has 12 rings (SSSR count). The fourth-order valence-electron chi connectivity index (χ4n) is 11.5. The number of nitrogens with one attached hydrogen (secondary N) is 2. The van der Waals surface area contributed by atoms with E-state index in [1.165, 1.54) is 23.6 Å². The number of nitrogens with zero attached hydrogens (tertiary/aromatic N) is 10. The molecule has 0 saturated heterocycles. The van der Waals surface area contributed by atoms with Crippen LogP contribution in [0.25, 0.3) is 88.9 Å². The molecule has 0 radical (unpaired) electrons. The molecule has 8 heterocycles. The molecule has 0 aliphatic heterocycles. The molecule has 0 bridgehead atoms. The average Bonchev–Trinajstić information content (AvgIpc) is 2.26. The lowest BCUT2D eigenvalue weighted by molar-refractivity contribution is 0.134. The molecule has 2 saturated carbocycles. The number of benzene rings is 2. The maximum atomic E-state index is 15.0. The van der Waals surface area contributed by atoms with Crippen molar-refractivity contribution in [2.75, 3.05) is 27.4 Å². The van der Waals surface area contributed by atoms with Crippen molar-refractivity contribution in [2.45, 2.75) is 88.8 Å². The van der Waals surface area contributed by atoms with Crippen molar-refractivity contribution in [3.8, 4) is 44.8 Å². The van der Waals surface area contributed by atoms with Gasteiger partial charge < -0.3 is 46.2 Å². The molecule has 1 unspecified atom stereocenters. The summed E-state index contributed by atoms with van der Waals surface area (Å²) in [6.45, 7) is 0.0249. The van der Waals surface area contributed by atoms with Gasteiger partial charge in [0.15, 0.2) is 0 Å². The van der Waals surface area contributed by atoms with Gasteiger partial charge in [-0.25, -0.2) is 29.1 Å². The first-order valence-electron chi connectivity index (χ1n) is 27.3. The third kappa shape index (κ3) is 11.6. The van der Waals surface area contributed by atoms with Crippen molar-refractivity contribution in [1.82, 2.24) is 57.8 Å². The number of primary amides is 2. The van der Waals surface area contributed by atoms with Crippen molar-refractivity contribution in [3.63, 3.8) is 0 Å². The monoisotopic (exact) mass is 1140 g/mol. The van der Waals surface area contributed by atoms with Gasteiger partial charge in [-0.15, -0.1) is 10.2 Å². The summed E-state index contributed by atoms with van der Waals surface area (Å²) in [5.74, 6) is -1.18. The summed E-state index contributed by atoms with van der Waals surface area (Å²) in [5.41, 5.74) is 19.8. The van der Waals surface area contributed by atoms with Crippen LogP contribution in [0.1, 0.15) is 93.5 Å². The summed E-state index contributed by atoms with van der Waals surface area (Å²) < 4.78 is 47.8. The number of fused-ring (bicyclic) bond motifs is 6. The number of aryl methyl sites for hydroxylation is 5. The summed E-state index contributed by atoms with van der Waals surface area (Å²) in [5, 5.41) is 38.2. The Morgan fingerprint density at radius 2 is 1.06 bits per heavy atom. The van der Waals surface area contributed by atoms with Gasteiger partial charge in [-0.3, -0.25) is 27.6 Å². The molecule has 2 aliphatic rings. The van der Waals surface area contributed by atoms with E-state index >= 15 is 0 Å². The number of aromatic amines is 2. The van der Waals surface area contributed by atoms with E-state index < -0.39 is 30.2 Å². The van der Waals surface area contributed by atoms with Crippen molar-refractivity contribution in [2.24, 2.45) is 39.7 Å². The third-order valence-corrected chi connectivity index (χ3v) is 15.5. The van der Waals surface area contributed by atoms with Crippen LogP contribution in [0.15, 0.2) is 82.9 Å². The third-order valence-electron chi connectivity index (χ3n) is 15.5. The number of halogens is 2. The summed E-state index contributed by atoms with van der Waals surface area (Å²) in [6.07, 6.45) is 14.3. The highest BCUT2D eigenvalue weighted by molar-refractivity contribution is 6.15. The molecular weight excluding hydrogens is 1070 g/mol. The zero-order valence-electron chi connectivity index (χ0n) is 47.0. The Labute approximate surface area is 473 Å². The van der Waals surface area contributed by atoms with Crippen LogP contribution < -0.4 is 22.8 Å². The van der Waals surface area contributed by atoms with E-state index in [4.69, 9.17) is 0 Å². The van der Waals surface area contributed by atoms with Crippen LogP contribution in [-0.2, 0) is 44.1 Å². The Morgan fingerprint density at radius 3 is 1.41 bits per heavy atom. The number of ether oxygens (including phenoxy) is 2. The molecule has 2 fully saturated rings. The second-order valence-corrected chi connectivity index (χ2v) is 20.7. The number of pyridine rings is 2. The maximum Gasteiger partial charge on any atom is 0.404 e. The molecule has 83 heavy (non-hydrogen) atoms. The van der Waals surface area contributed by atoms with E-state index in [0.717, 1.165) is 118 Å². The van der Waals surface area contributed by atoms with Gasteiger partial charge in [-0.05, 0) is 60.8 Å².